The van der Waals surface area contributed by atoms with Crippen LogP contribution in [0.5, 0.6) is 11.5 Å². The van der Waals surface area contributed by atoms with Crippen LogP contribution in [0.3, 0.4) is 0 Å². The Hall–Kier alpha value is -1.97. The lowest BCUT2D eigenvalue weighted by Gasteiger charge is -2.11. The van der Waals surface area contributed by atoms with Crippen molar-refractivity contribution in [1.82, 2.24) is 5.32 Å². The van der Waals surface area contributed by atoms with E-state index in [0.717, 1.165) is 36.3 Å². The van der Waals surface area contributed by atoms with E-state index in [0.29, 0.717) is 18.9 Å². The van der Waals surface area contributed by atoms with Crippen LogP contribution < -0.4 is 14.8 Å². The van der Waals surface area contributed by atoms with Gasteiger partial charge in [-0.05, 0) is 42.9 Å². The zero-order chi connectivity index (χ0) is 15.1. The van der Waals surface area contributed by atoms with Gasteiger partial charge in [-0.15, -0.1) is 0 Å². The number of ether oxygens (including phenoxy) is 2. The molecule has 1 atom stereocenters. The van der Waals surface area contributed by atoms with Crippen LogP contribution in [0.1, 0.15) is 24.8 Å². The van der Waals surface area contributed by atoms with Crippen molar-refractivity contribution in [3.63, 3.8) is 0 Å². The number of carbonyl (C=O) groups excluding carboxylic acids is 1. The Morgan fingerprint density at radius 1 is 1.29 bits per heavy atom. The molecule has 0 spiro atoms. The second-order valence-electron chi connectivity index (χ2n) is 5.26. The van der Waals surface area contributed by atoms with Crippen LogP contribution in [0, 0.1) is 5.92 Å². The van der Waals surface area contributed by atoms with Gasteiger partial charge >= 0.3 is 0 Å². The van der Waals surface area contributed by atoms with Gasteiger partial charge in [0.25, 0.3) is 0 Å². The van der Waals surface area contributed by atoms with Gasteiger partial charge in [0, 0.05) is 13.0 Å². The van der Waals surface area contributed by atoms with Crippen molar-refractivity contribution in [3.05, 3.63) is 35.9 Å². The average Bonchev–Trinajstić information content (AvgIpc) is 2.99. The predicted octanol–water partition coefficient (Wildman–Crippen LogP) is 2.72. The normalized spacial score (nSPS) is 16.8. The number of hydrogen-bond donors (Lipinski definition) is 1. The molecular formula is C17H23NO3. The molecule has 0 unspecified atom stereocenters. The van der Waals surface area contributed by atoms with Crippen LogP contribution in [0.2, 0.25) is 0 Å². The van der Waals surface area contributed by atoms with Crippen molar-refractivity contribution in [3.8, 4) is 11.5 Å². The van der Waals surface area contributed by atoms with Crippen molar-refractivity contribution < 1.29 is 14.3 Å². The molecule has 21 heavy (non-hydrogen) atoms. The van der Waals surface area contributed by atoms with Gasteiger partial charge in [0.2, 0.25) is 5.91 Å². The molecule has 1 N–H and O–H groups in total. The molecular weight excluding hydrogens is 266 g/mol. The molecule has 0 heterocycles. The number of benzene rings is 1. The van der Waals surface area contributed by atoms with Gasteiger partial charge in [0.15, 0.2) is 11.5 Å². The molecule has 1 aromatic rings. The van der Waals surface area contributed by atoms with E-state index in [1.165, 1.54) is 0 Å². The van der Waals surface area contributed by atoms with E-state index in [4.69, 9.17) is 9.47 Å². The summed E-state index contributed by atoms with van der Waals surface area (Å²) in [4.78, 5) is 11.8. The number of amides is 1. The van der Waals surface area contributed by atoms with Gasteiger partial charge in [-0.3, -0.25) is 4.79 Å². The molecule has 4 heteroatoms. The Balaban J connectivity index is 1.77. The maximum atomic E-state index is 11.8. The number of rotatable bonds is 7. The highest BCUT2D eigenvalue weighted by Crippen LogP contribution is 2.27. The highest BCUT2D eigenvalue weighted by atomic mass is 16.5. The molecule has 0 radical (unpaired) electrons. The molecule has 114 valence electrons. The Morgan fingerprint density at radius 2 is 2.10 bits per heavy atom. The molecule has 1 aliphatic rings. The lowest BCUT2D eigenvalue weighted by molar-refractivity contribution is -0.121. The maximum Gasteiger partial charge on any atom is 0.220 e. The van der Waals surface area contributed by atoms with Crippen molar-refractivity contribution in [2.24, 2.45) is 5.92 Å². The number of allylic oxidation sites excluding steroid dienone is 2. The summed E-state index contributed by atoms with van der Waals surface area (Å²) in [7, 11) is 3.24. The molecule has 1 aliphatic carbocycles. The van der Waals surface area contributed by atoms with Gasteiger partial charge in [-0.25, -0.2) is 0 Å². The van der Waals surface area contributed by atoms with E-state index >= 15 is 0 Å². The Bertz CT molecular complexity index is 511. The summed E-state index contributed by atoms with van der Waals surface area (Å²) < 4.78 is 10.5. The van der Waals surface area contributed by atoms with Gasteiger partial charge in [-0.2, -0.15) is 0 Å². The quantitative estimate of drug-likeness (QED) is 0.785. The standard InChI is InChI=1S/C17H23NO3/c1-20-15-8-7-14(11-16(15)21-2)9-10-18-17(19)12-13-5-3-4-6-13/h3,5,7-8,11,13H,4,6,9-10,12H2,1-2H3,(H,18,19)/t13-/m1/s1. The topological polar surface area (TPSA) is 47.6 Å². The number of nitrogens with one attached hydrogen (secondary N) is 1. The van der Waals surface area contributed by atoms with E-state index in [1.54, 1.807) is 14.2 Å². The van der Waals surface area contributed by atoms with Gasteiger partial charge < -0.3 is 14.8 Å². The third kappa shape index (κ3) is 4.52. The highest BCUT2D eigenvalue weighted by Gasteiger charge is 2.13. The third-order valence-corrected chi connectivity index (χ3v) is 3.74. The molecule has 1 amide bonds. The van der Waals surface area contributed by atoms with Gasteiger partial charge in [0.05, 0.1) is 14.2 Å². The predicted molar refractivity (Wildman–Crippen MR) is 82.7 cm³/mol. The first-order valence-electron chi connectivity index (χ1n) is 7.37. The van der Waals surface area contributed by atoms with E-state index in [2.05, 4.69) is 17.5 Å². The molecule has 0 aromatic heterocycles. The summed E-state index contributed by atoms with van der Waals surface area (Å²) in [6.07, 6.45) is 7.89. The largest absolute Gasteiger partial charge is 0.493 e. The van der Waals surface area contributed by atoms with Crippen LogP contribution in [-0.4, -0.2) is 26.7 Å². The highest BCUT2D eigenvalue weighted by molar-refractivity contribution is 5.76. The minimum Gasteiger partial charge on any atom is -0.493 e. The molecule has 0 aliphatic heterocycles. The second-order valence-corrected chi connectivity index (χ2v) is 5.26. The van der Waals surface area contributed by atoms with Crippen molar-refractivity contribution in [1.29, 1.82) is 0 Å². The van der Waals surface area contributed by atoms with Crippen LogP contribution in [0.4, 0.5) is 0 Å². The summed E-state index contributed by atoms with van der Waals surface area (Å²) in [5.41, 5.74) is 1.12. The first-order chi connectivity index (χ1) is 10.2. The smallest absolute Gasteiger partial charge is 0.220 e. The van der Waals surface area contributed by atoms with Crippen molar-refractivity contribution in [2.75, 3.05) is 20.8 Å². The summed E-state index contributed by atoms with van der Waals surface area (Å²) in [5, 5.41) is 2.98. The Morgan fingerprint density at radius 3 is 2.76 bits per heavy atom. The van der Waals surface area contributed by atoms with E-state index in [9.17, 15) is 4.79 Å². The van der Waals surface area contributed by atoms with Crippen LogP contribution in [0.15, 0.2) is 30.4 Å². The molecule has 4 nitrogen and oxygen atoms in total. The fourth-order valence-electron chi connectivity index (χ4n) is 2.56. The van der Waals surface area contributed by atoms with Crippen molar-refractivity contribution >= 4 is 5.91 Å². The zero-order valence-electron chi connectivity index (χ0n) is 12.7. The van der Waals surface area contributed by atoms with Gasteiger partial charge in [-0.1, -0.05) is 18.2 Å². The summed E-state index contributed by atoms with van der Waals surface area (Å²) in [5.74, 6) is 1.99. The number of methoxy groups -OCH3 is 2. The minimum absolute atomic E-state index is 0.132. The molecule has 1 aromatic carbocycles. The van der Waals surface area contributed by atoms with Crippen molar-refractivity contribution in [2.45, 2.75) is 25.7 Å². The first kappa shape index (κ1) is 15.4. The average molecular weight is 289 g/mol. The summed E-state index contributed by atoms with van der Waals surface area (Å²) in [6, 6.07) is 5.83. The summed E-state index contributed by atoms with van der Waals surface area (Å²) >= 11 is 0. The monoisotopic (exact) mass is 289 g/mol. The summed E-state index contributed by atoms with van der Waals surface area (Å²) in [6.45, 7) is 0.644. The van der Waals surface area contributed by atoms with Crippen LogP contribution in [-0.2, 0) is 11.2 Å². The van der Waals surface area contributed by atoms with E-state index in [1.807, 2.05) is 18.2 Å². The van der Waals surface area contributed by atoms with Crippen LogP contribution >= 0.6 is 0 Å². The zero-order valence-corrected chi connectivity index (χ0v) is 12.7. The maximum absolute atomic E-state index is 11.8. The fraction of sp³-hybridized carbons (Fsp3) is 0.471. The molecule has 0 bridgehead atoms. The molecule has 0 saturated heterocycles. The fourth-order valence-corrected chi connectivity index (χ4v) is 2.56. The van der Waals surface area contributed by atoms with E-state index in [-0.39, 0.29) is 5.91 Å². The number of carbonyl (C=O) groups is 1. The van der Waals surface area contributed by atoms with E-state index < -0.39 is 0 Å². The molecule has 0 saturated carbocycles. The SMILES string of the molecule is COc1ccc(CCNC(=O)C[C@@H]2C=CCC2)cc1OC. The second kappa shape index (κ2) is 7.72. The number of hydrogen-bond acceptors (Lipinski definition) is 3. The lowest BCUT2D eigenvalue weighted by Crippen LogP contribution is -2.27. The lowest BCUT2D eigenvalue weighted by atomic mass is 10.0. The Kier molecular flexibility index (Phi) is 5.67. The third-order valence-electron chi connectivity index (χ3n) is 3.74. The van der Waals surface area contributed by atoms with Crippen LogP contribution in [0.25, 0.3) is 0 Å². The first-order valence-corrected chi connectivity index (χ1v) is 7.37. The Labute approximate surface area is 126 Å². The molecule has 0 fully saturated rings. The van der Waals surface area contributed by atoms with Gasteiger partial charge in [0.1, 0.15) is 0 Å². The molecule has 2 rings (SSSR count). The minimum atomic E-state index is 0.132.